The molecule has 0 atom stereocenters. The van der Waals surface area contributed by atoms with E-state index >= 15 is 0 Å². The molecule has 0 aliphatic rings. The second kappa shape index (κ2) is 13.6. The average molecular weight is 720 g/mol. The molecule has 2 heterocycles. The van der Waals surface area contributed by atoms with Crippen LogP contribution in [0, 0.1) is 11.3 Å². The summed E-state index contributed by atoms with van der Waals surface area (Å²) < 4.78 is 45.4. The Hall–Kier alpha value is -7.37. The molecule has 0 fully saturated rings. The van der Waals surface area contributed by atoms with Gasteiger partial charge in [-0.3, -0.25) is 0 Å². The van der Waals surface area contributed by atoms with Crippen LogP contribution in [0.5, 0.6) is 0 Å². The lowest BCUT2D eigenvalue weighted by molar-refractivity contribution is -0.137. The van der Waals surface area contributed by atoms with E-state index in [0.717, 1.165) is 50.1 Å². The van der Waals surface area contributed by atoms with Crippen LogP contribution < -0.4 is 0 Å². The van der Waals surface area contributed by atoms with Gasteiger partial charge < -0.3 is 4.57 Å². The molecule has 0 amide bonds. The number of rotatable bonds is 6. The highest BCUT2D eigenvalue weighted by Crippen LogP contribution is 2.42. The Bertz CT molecular complexity index is 2870. The summed E-state index contributed by atoms with van der Waals surface area (Å²) in [4.78, 5) is 14.9. The molecule has 55 heavy (non-hydrogen) atoms. The van der Waals surface area contributed by atoms with Crippen LogP contribution in [0.1, 0.15) is 11.1 Å². The summed E-state index contributed by atoms with van der Waals surface area (Å²) in [5, 5.41) is 11.5. The van der Waals surface area contributed by atoms with Crippen molar-refractivity contribution >= 4 is 21.8 Å². The number of alkyl halides is 3. The molecule has 0 saturated heterocycles. The topological polar surface area (TPSA) is 67.4 Å². The normalized spacial score (nSPS) is 11.5. The first kappa shape index (κ1) is 33.5. The van der Waals surface area contributed by atoms with Crippen molar-refractivity contribution in [2.24, 2.45) is 0 Å². The maximum atomic E-state index is 14.5. The molecule has 2 aromatic heterocycles. The van der Waals surface area contributed by atoms with Crippen molar-refractivity contribution in [3.05, 3.63) is 181 Å². The monoisotopic (exact) mass is 719 g/mol. The maximum Gasteiger partial charge on any atom is 0.417 e. The van der Waals surface area contributed by atoms with Crippen molar-refractivity contribution in [1.82, 2.24) is 19.5 Å². The van der Waals surface area contributed by atoms with Crippen LogP contribution in [0.3, 0.4) is 0 Å². The Kier molecular flexibility index (Phi) is 8.25. The Morgan fingerprint density at radius 1 is 0.455 bits per heavy atom. The molecule has 0 radical (unpaired) electrons. The highest BCUT2D eigenvalue weighted by molar-refractivity contribution is 6.11. The first-order valence-electron chi connectivity index (χ1n) is 17.6. The molecule has 0 N–H and O–H groups in total. The van der Waals surface area contributed by atoms with Gasteiger partial charge in [0.2, 0.25) is 0 Å². The number of halogens is 3. The zero-order valence-corrected chi connectivity index (χ0v) is 29.0. The Morgan fingerprint density at radius 2 is 1.04 bits per heavy atom. The molecule has 5 nitrogen and oxygen atoms in total. The van der Waals surface area contributed by atoms with Crippen LogP contribution in [0.2, 0.25) is 0 Å². The van der Waals surface area contributed by atoms with Gasteiger partial charge in [0.05, 0.1) is 33.9 Å². The van der Waals surface area contributed by atoms with Gasteiger partial charge in [-0.2, -0.15) is 18.4 Å². The number of hydrogen-bond acceptors (Lipinski definition) is 4. The summed E-state index contributed by atoms with van der Waals surface area (Å²) in [6, 6.07) is 53.9. The van der Waals surface area contributed by atoms with Crippen LogP contribution in [-0.2, 0) is 6.18 Å². The lowest BCUT2D eigenvalue weighted by Crippen LogP contribution is -2.07. The number of fused-ring (bicyclic) bond motifs is 3. The van der Waals surface area contributed by atoms with Crippen LogP contribution in [0.25, 0.3) is 83.9 Å². The van der Waals surface area contributed by atoms with E-state index in [4.69, 9.17) is 15.0 Å². The van der Waals surface area contributed by atoms with Gasteiger partial charge in [0.25, 0.3) is 0 Å². The van der Waals surface area contributed by atoms with E-state index in [-0.39, 0.29) is 5.56 Å². The first-order chi connectivity index (χ1) is 26.9. The molecule has 0 aliphatic carbocycles. The molecule has 7 aromatic carbocycles. The summed E-state index contributed by atoms with van der Waals surface area (Å²) >= 11 is 0. The summed E-state index contributed by atoms with van der Waals surface area (Å²) in [5.74, 6) is 1.30. The number of para-hydroxylation sites is 1. The third-order valence-corrected chi connectivity index (χ3v) is 9.72. The highest BCUT2D eigenvalue weighted by atomic mass is 19.4. The molecule has 262 valence electrons. The zero-order valence-electron chi connectivity index (χ0n) is 29.0. The second-order valence-electron chi connectivity index (χ2n) is 13.1. The third-order valence-electron chi connectivity index (χ3n) is 9.72. The van der Waals surface area contributed by atoms with E-state index < -0.39 is 11.7 Å². The predicted octanol–water partition coefficient (Wildman–Crippen LogP) is 12.2. The standard InChI is InChI=1S/C47H28F3N5/c48-47(49,50)40-20-9-7-18-36(40)35-22-24-38(46-53-44(31-13-3-1-4-14-31)52-45(54-46)32-15-5-2-6-16-32)43(28-35)55-41-21-10-8-19-37(41)39-27-34(23-25-42(39)55)33-17-11-12-30(26-33)29-51/h1-28H. The number of benzene rings is 7. The van der Waals surface area contributed by atoms with E-state index in [1.54, 1.807) is 30.3 Å². The fraction of sp³-hybridized carbons (Fsp3) is 0.0213. The van der Waals surface area contributed by atoms with Gasteiger partial charge in [-0.25, -0.2) is 15.0 Å². The van der Waals surface area contributed by atoms with E-state index in [1.165, 1.54) is 12.1 Å². The molecular weight excluding hydrogens is 692 g/mol. The molecule has 0 saturated carbocycles. The minimum atomic E-state index is -4.56. The summed E-state index contributed by atoms with van der Waals surface area (Å²) in [6.45, 7) is 0. The number of aromatic nitrogens is 4. The van der Waals surface area contributed by atoms with Gasteiger partial charge in [0.1, 0.15) is 0 Å². The van der Waals surface area contributed by atoms with Crippen LogP contribution in [-0.4, -0.2) is 19.5 Å². The van der Waals surface area contributed by atoms with Crippen molar-refractivity contribution in [1.29, 1.82) is 5.26 Å². The van der Waals surface area contributed by atoms with Crippen molar-refractivity contribution in [2.45, 2.75) is 6.18 Å². The molecular formula is C47H28F3N5. The maximum absolute atomic E-state index is 14.5. The molecule has 9 aromatic rings. The summed E-state index contributed by atoms with van der Waals surface area (Å²) in [6.07, 6.45) is -4.56. The zero-order chi connectivity index (χ0) is 37.5. The van der Waals surface area contributed by atoms with Crippen LogP contribution in [0.15, 0.2) is 170 Å². The van der Waals surface area contributed by atoms with E-state index in [0.29, 0.717) is 39.9 Å². The molecule has 9 rings (SSSR count). The number of nitriles is 1. The van der Waals surface area contributed by atoms with Crippen molar-refractivity contribution in [2.75, 3.05) is 0 Å². The van der Waals surface area contributed by atoms with Gasteiger partial charge in [-0.05, 0) is 70.8 Å². The lowest BCUT2D eigenvalue weighted by atomic mass is 9.96. The van der Waals surface area contributed by atoms with Crippen LogP contribution in [0.4, 0.5) is 13.2 Å². The molecule has 0 bridgehead atoms. The van der Waals surface area contributed by atoms with Gasteiger partial charge in [0.15, 0.2) is 17.5 Å². The minimum absolute atomic E-state index is 0.0637. The molecule has 0 aliphatic heterocycles. The van der Waals surface area contributed by atoms with Gasteiger partial charge in [0, 0.05) is 27.5 Å². The number of nitrogens with zero attached hydrogens (tertiary/aromatic N) is 5. The van der Waals surface area contributed by atoms with E-state index in [2.05, 4.69) is 16.7 Å². The second-order valence-corrected chi connectivity index (χ2v) is 13.1. The third kappa shape index (κ3) is 6.18. The summed E-state index contributed by atoms with van der Waals surface area (Å²) in [5.41, 5.74) is 6.61. The SMILES string of the molecule is N#Cc1cccc(-c2ccc3c(c2)c2ccccc2n3-c2cc(-c3ccccc3C(F)(F)F)ccc2-c2nc(-c3ccccc3)nc(-c3ccccc3)n2)c1. The molecule has 0 unspecified atom stereocenters. The highest BCUT2D eigenvalue weighted by Gasteiger charge is 2.33. The number of hydrogen-bond donors (Lipinski definition) is 0. The van der Waals surface area contributed by atoms with Crippen molar-refractivity contribution < 1.29 is 13.2 Å². The fourth-order valence-corrected chi connectivity index (χ4v) is 7.16. The average Bonchev–Trinajstić information content (AvgIpc) is 3.57. The summed E-state index contributed by atoms with van der Waals surface area (Å²) in [7, 11) is 0. The van der Waals surface area contributed by atoms with E-state index in [9.17, 15) is 18.4 Å². The van der Waals surface area contributed by atoms with Gasteiger partial charge in [-0.15, -0.1) is 0 Å². The Labute approximate surface area is 314 Å². The van der Waals surface area contributed by atoms with Crippen molar-refractivity contribution in [3.63, 3.8) is 0 Å². The van der Waals surface area contributed by atoms with Gasteiger partial charge in [-0.1, -0.05) is 121 Å². The lowest BCUT2D eigenvalue weighted by Gasteiger charge is -2.18. The predicted molar refractivity (Wildman–Crippen MR) is 211 cm³/mol. The van der Waals surface area contributed by atoms with Crippen LogP contribution >= 0.6 is 0 Å². The smallest absolute Gasteiger partial charge is 0.308 e. The van der Waals surface area contributed by atoms with E-state index in [1.807, 2.05) is 115 Å². The Balaban J connectivity index is 1.35. The molecule has 8 heteroatoms. The fourth-order valence-electron chi connectivity index (χ4n) is 7.16. The first-order valence-corrected chi connectivity index (χ1v) is 17.6. The van der Waals surface area contributed by atoms with Gasteiger partial charge >= 0.3 is 6.18 Å². The Morgan fingerprint density at radius 3 is 1.75 bits per heavy atom. The molecule has 0 spiro atoms. The van der Waals surface area contributed by atoms with Crippen molar-refractivity contribution in [3.8, 4) is 68.2 Å². The quantitative estimate of drug-likeness (QED) is 0.172. The largest absolute Gasteiger partial charge is 0.417 e. The minimum Gasteiger partial charge on any atom is -0.308 e.